The van der Waals surface area contributed by atoms with E-state index in [0.717, 1.165) is 135 Å². The van der Waals surface area contributed by atoms with Crippen LogP contribution >= 0.6 is 0 Å². The molecule has 0 rings (SSSR count). The van der Waals surface area contributed by atoms with E-state index in [1.165, 1.54) is 6.92 Å². The Morgan fingerprint density at radius 1 is 0.278 bits per heavy atom. The summed E-state index contributed by atoms with van der Waals surface area (Å²) < 4.78 is 99.5. The van der Waals surface area contributed by atoms with E-state index in [9.17, 15) is 14.4 Å². The van der Waals surface area contributed by atoms with Gasteiger partial charge in [-0.15, -0.1) is 0 Å². The summed E-state index contributed by atoms with van der Waals surface area (Å²) in [4.78, 5) is 48.5. The van der Waals surface area contributed by atoms with Gasteiger partial charge in [0.25, 0.3) is 0 Å². The predicted molar refractivity (Wildman–Crippen MR) is 363 cm³/mol. The molecule has 0 radical (unpaired) electrons. The minimum Gasteiger partial charge on any atom is -0.377 e. The van der Waals surface area contributed by atoms with E-state index in [1.807, 2.05) is 18.7 Å². The molecule has 3 amide bonds. The van der Waals surface area contributed by atoms with Crippen molar-refractivity contribution in [1.82, 2.24) is 34.7 Å². The molecule has 0 saturated carbocycles. The molecule has 0 fully saturated rings. The molecule has 1 N–H and O–H groups in total. The average Bonchev–Trinajstić information content (AvgIpc) is 2.98. The molecular weight excluding hydrogens is 1280 g/mol. The van der Waals surface area contributed by atoms with Crippen molar-refractivity contribution in [3.8, 4) is 0 Å². The molecule has 0 atom stereocenters. The number of nitrogens with zero attached hydrogens (tertiary/aromatic N) is 6. The van der Waals surface area contributed by atoms with Crippen molar-refractivity contribution in [2.75, 3.05) is 239 Å². The zero-order valence-electron chi connectivity index (χ0n) is 60.8. The van der Waals surface area contributed by atoms with Crippen molar-refractivity contribution in [3.05, 3.63) is 0 Å². The van der Waals surface area contributed by atoms with Gasteiger partial charge in [0, 0.05) is 230 Å². The van der Waals surface area contributed by atoms with E-state index in [-0.39, 0.29) is 24.3 Å². The molecule has 0 spiro atoms. The molecule has 0 aromatic carbocycles. The summed E-state index contributed by atoms with van der Waals surface area (Å²) in [6.07, 6.45) is 5.37. The third-order valence-corrected chi connectivity index (χ3v) is 33.4. The molecule has 0 unspecified atom stereocenters. The number of rotatable bonds is 57. The van der Waals surface area contributed by atoms with Gasteiger partial charge in [-0.1, -0.05) is 13.8 Å². The largest absolute Gasteiger partial charge is 0.500 e. The molecule has 0 heterocycles. The van der Waals surface area contributed by atoms with Crippen LogP contribution in [0.4, 0.5) is 0 Å². The van der Waals surface area contributed by atoms with Crippen molar-refractivity contribution < 1.29 is 94.1 Å². The lowest BCUT2D eigenvalue weighted by Gasteiger charge is -2.30. The van der Waals surface area contributed by atoms with E-state index < -0.39 is 52.8 Å². The van der Waals surface area contributed by atoms with Crippen molar-refractivity contribution >= 4 is 70.5 Å². The zero-order chi connectivity index (χ0) is 69.1. The number of likely N-dealkylation sites (N-methyl/N-ethyl adjacent to an activating group) is 3. The number of carbonyl (C=O) groups excluding carboxylic acids is 3. The first-order chi connectivity index (χ1) is 42.9. The van der Waals surface area contributed by atoms with Crippen LogP contribution in [0, 0.1) is 0 Å². The van der Waals surface area contributed by atoms with Crippen LogP contribution in [-0.4, -0.2) is 339 Å². The van der Waals surface area contributed by atoms with Crippen LogP contribution in [0.15, 0.2) is 0 Å². The van der Waals surface area contributed by atoms with Crippen LogP contribution in [-0.2, 0) is 94.1 Å². The molecule has 0 aliphatic heterocycles. The highest BCUT2D eigenvalue weighted by atomic mass is 28.4. The maximum Gasteiger partial charge on any atom is 0.500 e. The second-order valence-electron chi connectivity index (χ2n) is 20.9. The highest BCUT2D eigenvalue weighted by Gasteiger charge is 2.42. The van der Waals surface area contributed by atoms with Crippen LogP contribution < -0.4 is 5.32 Å². The molecule has 540 valence electrons. The van der Waals surface area contributed by atoms with Crippen molar-refractivity contribution in [3.63, 3.8) is 0 Å². The Morgan fingerprint density at radius 3 is 0.656 bits per heavy atom. The van der Waals surface area contributed by atoms with Crippen molar-refractivity contribution in [2.24, 2.45) is 0 Å². The molecule has 0 saturated heterocycles. The Bertz CT molecular complexity index is 1610. The number of hydrogen-bond acceptors (Lipinski definition) is 25. The van der Waals surface area contributed by atoms with Gasteiger partial charge in [-0.05, 0) is 105 Å². The second-order valence-corrected chi connectivity index (χ2v) is 39.5. The molecule has 34 heteroatoms. The molecule has 0 aromatic heterocycles. The van der Waals surface area contributed by atoms with Gasteiger partial charge < -0.3 is 114 Å². The summed E-state index contributed by atoms with van der Waals surface area (Å²) >= 11 is 0. The first kappa shape index (κ1) is 93.0. The highest BCUT2D eigenvalue weighted by Crippen LogP contribution is 2.22. The van der Waals surface area contributed by atoms with Crippen LogP contribution in [0.1, 0.15) is 80.1 Å². The normalized spacial score (nSPS) is 12.6. The Labute approximate surface area is 552 Å². The highest BCUT2D eigenvalue weighted by molar-refractivity contribution is 6.62. The van der Waals surface area contributed by atoms with Crippen LogP contribution in [0.5, 0.6) is 0 Å². The van der Waals surface area contributed by atoms with Crippen molar-refractivity contribution in [2.45, 2.75) is 116 Å². The fraction of sp³-hybridized carbons (Fsp3) is 0.946. The zero-order valence-corrected chi connectivity index (χ0v) is 66.8. The van der Waals surface area contributed by atoms with Crippen LogP contribution in [0.2, 0.25) is 36.3 Å². The second kappa shape index (κ2) is 54.9. The van der Waals surface area contributed by atoms with Gasteiger partial charge in [-0.25, -0.2) is 0 Å². The van der Waals surface area contributed by atoms with Gasteiger partial charge in [0.2, 0.25) is 17.7 Å². The quantitative estimate of drug-likeness (QED) is 0.0813. The Balaban J connectivity index is -0.00000127. The third kappa shape index (κ3) is 37.4. The Morgan fingerprint density at radius 2 is 0.478 bits per heavy atom. The lowest BCUT2D eigenvalue weighted by molar-refractivity contribution is -0.132. The SMILES string of the molecule is CCN(CC)CCN(CCC[Si](OC)(OC)OC)CCC[Si](OC)(OC)OC.CCN(CCN(CCC[Si](OC)(OC)OC)CCC[Si](OC)(OC)OC)C(=O)CNC(C)=O.CCN(CCN(CCC[Si](OC)(OC)OC)CCC[Si](OC)(OC)OC)C(C)=O. The first-order valence-electron chi connectivity index (χ1n) is 31.5. The molecular formula is C56H131N7O21Si6. The summed E-state index contributed by atoms with van der Waals surface area (Å²) in [5, 5.41) is 2.57. The fourth-order valence-corrected chi connectivity index (χ4v) is 20.3. The standard InChI is InChI=1S/C20H45N3O8Si2.C18H42N2O7Si2.C18H44N2O6Si2/c1-9-23(20(25)18-21-19(2)24)15-14-22(12-10-16-32(26-3,27-4)28-5)13-11-17-33(29-6,30-7)31-8;1-9-20(18(2)21)15-14-19(12-10-16-28(22-3,23-4)24-5)13-11-17-29(25-6,26-7)27-8;1-9-19(10-2)15-16-20(13-11-17-27(21-3,22-4)23-5)14-12-18-28(24-6,25-7)26-8/h9-18H2,1-8H3,(H,21,24);9-17H2,1-8H3;9-18H2,1-8H3. The molecule has 28 nitrogen and oxygen atoms in total. The number of hydrogen-bond donors (Lipinski definition) is 1. The average molecular weight is 1410 g/mol. The van der Waals surface area contributed by atoms with Gasteiger partial charge in [-0.2, -0.15) is 0 Å². The van der Waals surface area contributed by atoms with Gasteiger partial charge in [0.1, 0.15) is 0 Å². The minimum absolute atomic E-state index is 0.0104. The Kier molecular flexibility index (Phi) is 56.7. The lowest BCUT2D eigenvalue weighted by Crippen LogP contribution is -2.46. The molecule has 90 heavy (non-hydrogen) atoms. The monoisotopic (exact) mass is 1410 g/mol. The molecule has 0 aliphatic carbocycles. The maximum absolute atomic E-state index is 12.4. The smallest absolute Gasteiger partial charge is 0.377 e. The number of carbonyl (C=O) groups is 3. The van der Waals surface area contributed by atoms with Gasteiger partial charge in [0.15, 0.2) is 0 Å². The predicted octanol–water partition coefficient (Wildman–Crippen LogP) is 4.67. The lowest BCUT2D eigenvalue weighted by atomic mass is 10.3. The minimum atomic E-state index is -2.64. The first-order valence-corrected chi connectivity index (χ1v) is 43.1. The van der Waals surface area contributed by atoms with Crippen molar-refractivity contribution in [1.29, 1.82) is 0 Å². The third-order valence-electron chi connectivity index (χ3n) is 16.4. The van der Waals surface area contributed by atoms with Gasteiger partial charge >= 0.3 is 52.8 Å². The summed E-state index contributed by atoms with van der Waals surface area (Å²) in [5.41, 5.74) is 0. The maximum atomic E-state index is 12.4. The van der Waals surface area contributed by atoms with Crippen LogP contribution in [0.25, 0.3) is 0 Å². The van der Waals surface area contributed by atoms with E-state index in [1.54, 1.807) is 140 Å². The van der Waals surface area contributed by atoms with Gasteiger partial charge in [-0.3, -0.25) is 14.4 Å². The molecule has 0 bridgehead atoms. The molecule has 0 aliphatic rings. The molecule has 0 aromatic rings. The fourth-order valence-electron chi connectivity index (χ4n) is 10.1. The summed E-state index contributed by atoms with van der Waals surface area (Å²) in [5.74, 6) is -0.214. The van der Waals surface area contributed by atoms with Gasteiger partial charge in [0.05, 0.1) is 6.54 Å². The summed E-state index contributed by atoms with van der Waals surface area (Å²) in [7, 11) is 14.0. The van der Waals surface area contributed by atoms with E-state index in [2.05, 4.69) is 38.8 Å². The topological polar surface area (TPSA) is 249 Å². The number of amides is 3. The van der Waals surface area contributed by atoms with Crippen LogP contribution in [0.3, 0.4) is 0 Å². The van der Waals surface area contributed by atoms with E-state index in [0.29, 0.717) is 44.8 Å². The Hall–Kier alpha value is -1.17. The summed E-state index contributed by atoms with van der Waals surface area (Å²) in [6, 6.07) is 4.49. The van der Waals surface area contributed by atoms with E-state index >= 15 is 0 Å². The summed E-state index contributed by atoms with van der Waals surface area (Å²) in [6.45, 7) is 24.9. The number of nitrogens with one attached hydrogen (secondary N) is 1. The van der Waals surface area contributed by atoms with E-state index in [4.69, 9.17) is 79.7 Å².